The molecule has 0 atom stereocenters. The van der Waals surface area contributed by atoms with Crippen molar-refractivity contribution in [1.82, 2.24) is 10.5 Å². The van der Waals surface area contributed by atoms with E-state index >= 15 is 0 Å². The number of aryl methyl sites for hydroxylation is 1. The lowest BCUT2D eigenvalue weighted by Gasteiger charge is -2.26. The van der Waals surface area contributed by atoms with Gasteiger partial charge < -0.3 is 15.6 Å². The molecule has 0 aromatic carbocycles. The molecule has 3 N–H and O–H groups in total. The normalized spacial score (nSPS) is 23.3. The van der Waals surface area contributed by atoms with Crippen LogP contribution in [0.1, 0.15) is 61.7 Å². The van der Waals surface area contributed by atoms with Crippen LogP contribution in [-0.4, -0.2) is 23.1 Å². The van der Waals surface area contributed by atoms with Crippen molar-refractivity contribution < 1.29 is 9.32 Å². The lowest BCUT2D eigenvalue weighted by atomic mass is 9.92. The molecule has 1 heterocycles. The van der Waals surface area contributed by atoms with Gasteiger partial charge in [-0.2, -0.15) is 0 Å². The zero-order valence-corrected chi connectivity index (χ0v) is 11.5. The highest BCUT2D eigenvalue weighted by molar-refractivity contribution is 5.92. The molecule has 1 fully saturated rings. The Hall–Kier alpha value is -1.36. The summed E-state index contributed by atoms with van der Waals surface area (Å²) in [6.45, 7) is 2.12. The summed E-state index contributed by atoms with van der Waals surface area (Å²) in [5.41, 5.74) is 6.24. The molecule has 5 nitrogen and oxygen atoms in total. The van der Waals surface area contributed by atoms with Crippen LogP contribution in [0, 0.1) is 0 Å². The predicted molar refractivity (Wildman–Crippen MR) is 72.8 cm³/mol. The summed E-state index contributed by atoms with van der Waals surface area (Å²) in [5.74, 6) is 0.657. The topological polar surface area (TPSA) is 81.2 Å². The second-order valence-corrected chi connectivity index (χ2v) is 5.37. The summed E-state index contributed by atoms with van der Waals surface area (Å²) >= 11 is 0. The van der Waals surface area contributed by atoms with E-state index in [1.165, 1.54) is 0 Å². The fourth-order valence-corrected chi connectivity index (χ4v) is 2.41. The molecule has 106 valence electrons. The van der Waals surface area contributed by atoms with E-state index in [0.717, 1.165) is 50.7 Å². The average molecular weight is 265 g/mol. The highest BCUT2D eigenvalue weighted by atomic mass is 16.5. The molecule has 1 aliphatic carbocycles. The van der Waals surface area contributed by atoms with Crippen molar-refractivity contribution in [1.29, 1.82) is 0 Å². The van der Waals surface area contributed by atoms with Crippen molar-refractivity contribution in [3.8, 4) is 0 Å². The number of rotatable bonds is 5. The highest BCUT2D eigenvalue weighted by Gasteiger charge is 2.21. The van der Waals surface area contributed by atoms with Gasteiger partial charge in [0.05, 0.1) is 0 Å². The molecule has 1 saturated carbocycles. The van der Waals surface area contributed by atoms with E-state index in [9.17, 15) is 4.79 Å². The molecule has 1 aromatic rings. The number of amides is 1. The van der Waals surface area contributed by atoms with Gasteiger partial charge in [-0.1, -0.05) is 18.5 Å². The summed E-state index contributed by atoms with van der Waals surface area (Å²) < 4.78 is 5.16. The van der Waals surface area contributed by atoms with Crippen LogP contribution in [0.4, 0.5) is 0 Å². The van der Waals surface area contributed by atoms with Gasteiger partial charge in [-0.05, 0) is 32.1 Å². The molecule has 19 heavy (non-hydrogen) atoms. The Labute approximate surface area is 113 Å². The van der Waals surface area contributed by atoms with Crippen LogP contribution in [0.3, 0.4) is 0 Å². The number of nitrogens with one attached hydrogen (secondary N) is 1. The van der Waals surface area contributed by atoms with Gasteiger partial charge in [0.25, 0.3) is 5.91 Å². The summed E-state index contributed by atoms with van der Waals surface area (Å²) in [5, 5.41) is 6.85. The van der Waals surface area contributed by atoms with Crippen molar-refractivity contribution in [3.63, 3.8) is 0 Å². The van der Waals surface area contributed by atoms with E-state index in [2.05, 4.69) is 17.4 Å². The molecule has 0 radical (unpaired) electrons. The van der Waals surface area contributed by atoms with Crippen LogP contribution < -0.4 is 11.1 Å². The molecule has 1 amide bonds. The van der Waals surface area contributed by atoms with E-state index in [4.69, 9.17) is 10.3 Å². The molecule has 0 unspecified atom stereocenters. The summed E-state index contributed by atoms with van der Waals surface area (Å²) in [6.07, 6.45) is 6.86. The number of nitrogens with zero attached hydrogens (tertiary/aromatic N) is 1. The van der Waals surface area contributed by atoms with Crippen LogP contribution in [-0.2, 0) is 6.42 Å². The summed E-state index contributed by atoms with van der Waals surface area (Å²) in [4.78, 5) is 12.0. The summed E-state index contributed by atoms with van der Waals surface area (Å²) in [6, 6.07) is 2.27. The van der Waals surface area contributed by atoms with Crippen LogP contribution in [0.15, 0.2) is 10.6 Å². The van der Waals surface area contributed by atoms with Gasteiger partial charge in [-0.25, -0.2) is 0 Å². The molecular weight excluding hydrogens is 242 g/mol. The van der Waals surface area contributed by atoms with Gasteiger partial charge in [-0.3, -0.25) is 4.79 Å². The second-order valence-electron chi connectivity index (χ2n) is 5.37. The molecule has 1 aromatic heterocycles. The van der Waals surface area contributed by atoms with Gasteiger partial charge in [0.1, 0.15) is 5.76 Å². The quantitative estimate of drug-likeness (QED) is 0.853. The van der Waals surface area contributed by atoms with E-state index in [1.54, 1.807) is 6.07 Å². The van der Waals surface area contributed by atoms with Crippen molar-refractivity contribution in [3.05, 3.63) is 17.5 Å². The number of carbonyl (C=O) groups excluding carboxylic acids is 1. The SMILES string of the molecule is CCCCc1cc(C(=O)NC2CCC(N)CC2)no1. The van der Waals surface area contributed by atoms with Gasteiger partial charge in [-0.15, -0.1) is 0 Å². The van der Waals surface area contributed by atoms with Crippen molar-refractivity contribution >= 4 is 5.91 Å². The standard InChI is InChI=1S/C14H23N3O2/c1-2-3-4-12-9-13(17-19-12)14(18)16-11-7-5-10(15)6-8-11/h9-11H,2-8,15H2,1H3,(H,16,18). The third kappa shape index (κ3) is 4.06. The Morgan fingerprint density at radius 1 is 1.47 bits per heavy atom. The Morgan fingerprint density at radius 2 is 2.21 bits per heavy atom. The lowest BCUT2D eigenvalue weighted by molar-refractivity contribution is 0.0916. The Balaban J connectivity index is 1.84. The maximum Gasteiger partial charge on any atom is 0.273 e. The Kier molecular flexibility index (Phi) is 4.96. The Bertz CT molecular complexity index is 409. The number of carbonyl (C=O) groups is 1. The van der Waals surface area contributed by atoms with E-state index in [-0.39, 0.29) is 11.9 Å². The van der Waals surface area contributed by atoms with E-state index in [0.29, 0.717) is 11.7 Å². The number of aromatic nitrogens is 1. The number of hydrogen-bond acceptors (Lipinski definition) is 4. The molecule has 2 rings (SSSR count). The van der Waals surface area contributed by atoms with Crippen molar-refractivity contribution in [2.75, 3.05) is 0 Å². The van der Waals surface area contributed by atoms with Crippen LogP contribution >= 0.6 is 0 Å². The van der Waals surface area contributed by atoms with Crippen LogP contribution in [0.2, 0.25) is 0 Å². The Morgan fingerprint density at radius 3 is 2.89 bits per heavy atom. The first-order valence-corrected chi connectivity index (χ1v) is 7.21. The van der Waals surface area contributed by atoms with Gasteiger partial charge in [0.2, 0.25) is 0 Å². The molecule has 0 aliphatic heterocycles. The minimum absolute atomic E-state index is 0.132. The first-order chi connectivity index (χ1) is 9.19. The monoisotopic (exact) mass is 265 g/mol. The third-order valence-electron chi connectivity index (χ3n) is 3.68. The van der Waals surface area contributed by atoms with Gasteiger partial charge in [0, 0.05) is 24.6 Å². The molecular formula is C14H23N3O2. The average Bonchev–Trinajstić information content (AvgIpc) is 2.88. The van der Waals surface area contributed by atoms with Crippen molar-refractivity contribution in [2.45, 2.75) is 64.0 Å². The first-order valence-electron chi connectivity index (χ1n) is 7.21. The molecule has 0 bridgehead atoms. The highest BCUT2D eigenvalue weighted by Crippen LogP contribution is 2.17. The molecule has 1 aliphatic rings. The molecule has 0 spiro atoms. The number of nitrogens with two attached hydrogens (primary N) is 1. The molecule has 0 saturated heterocycles. The zero-order chi connectivity index (χ0) is 13.7. The van der Waals surface area contributed by atoms with Crippen LogP contribution in [0.5, 0.6) is 0 Å². The fourth-order valence-electron chi connectivity index (χ4n) is 2.41. The second kappa shape index (κ2) is 6.70. The van der Waals surface area contributed by atoms with E-state index < -0.39 is 0 Å². The van der Waals surface area contributed by atoms with Gasteiger partial charge in [0.15, 0.2) is 5.69 Å². The number of unbranched alkanes of at least 4 members (excludes halogenated alkanes) is 1. The first kappa shape index (κ1) is 14.1. The zero-order valence-electron chi connectivity index (χ0n) is 11.5. The fraction of sp³-hybridized carbons (Fsp3) is 0.714. The predicted octanol–water partition coefficient (Wildman–Crippen LogP) is 2.02. The summed E-state index contributed by atoms with van der Waals surface area (Å²) in [7, 11) is 0. The smallest absolute Gasteiger partial charge is 0.273 e. The maximum atomic E-state index is 12.0. The minimum Gasteiger partial charge on any atom is -0.361 e. The third-order valence-corrected chi connectivity index (χ3v) is 3.68. The maximum absolute atomic E-state index is 12.0. The van der Waals surface area contributed by atoms with Crippen molar-refractivity contribution in [2.24, 2.45) is 5.73 Å². The number of hydrogen-bond donors (Lipinski definition) is 2. The minimum atomic E-state index is -0.132. The van der Waals surface area contributed by atoms with Crippen LogP contribution in [0.25, 0.3) is 0 Å². The lowest BCUT2D eigenvalue weighted by Crippen LogP contribution is -2.40. The largest absolute Gasteiger partial charge is 0.361 e. The van der Waals surface area contributed by atoms with Gasteiger partial charge >= 0.3 is 0 Å². The molecule has 5 heteroatoms. The van der Waals surface area contributed by atoms with E-state index in [1.807, 2.05) is 0 Å².